The summed E-state index contributed by atoms with van der Waals surface area (Å²) in [5.41, 5.74) is 6.41. The van der Waals surface area contributed by atoms with Gasteiger partial charge in [0.2, 0.25) is 0 Å². The van der Waals surface area contributed by atoms with Crippen molar-refractivity contribution in [2.45, 2.75) is 45.6 Å². The first kappa shape index (κ1) is 12.8. The van der Waals surface area contributed by atoms with Gasteiger partial charge in [-0.2, -0.15) is 0 Å². The molecule has 2 atom stereocenters. The molecular formula is C13H20N4O. The second kappa shape index (κ2) is 4.92. The highest BCUT2D eigenvalue weighted by atomic mass is 16.2. The molecule has 3 N–H and O–H groups in total. The molecule has 98 valence electrons. The molecule has 1 aromatic rings. The quantitative estimate of drug-likeness (QED) is 0.850. The Balaban J connectivity index is 2.11. The van der Waals surface area contributed by atoms with Crippen molar-refractivity contribution >= 4 is 11.6 Å². The van der Waals surface area contributed by atoms with Gasteiger partial charge in [-0.3, -0.25) is 4.79 Å². The van der Waals surface area contributed by atoms with E-state index in [0.717, 1.165) is 12.8 Å². The van der Waals surface area contributed by atoms with Gasteiger partial charge in [0.25, 0.3) is 5.91 Å². The third-order valence-corrected chi connectivity index (χ3v) is 3.33. The van der Waals surface area contributed by atoms with E-state index in [2.05, 4.69) is 22.2 Å². The van der Waals surface area contributed by atoms with Gasteiger partial charge in [0, 0.05) is 12.0 Å². The molecule has 0 radical (unpaired) electrons. The third kappa shape index (κ3) is 2.60. The fraction of sp³-hybridized carbons (Fsp3) is 0.615. The Labute approximate surface area is 107 Å². The highest BCUT2D eigenvalue weighted by molar-refractivity contribution is 5.97. The lowest BCUT2D eigenvalue weighted by atomic mass is 10.2. The summed E-state index contributed by atoms with van der Waals surface area (Å²) < 4.78 is 0. The summed E-state index contributed by atoms with van der Waals surface area (Å²) in [7, 11) is 0. The van der Waals surface area contributed by atoms with Crippen LogP contribution in [0.5, 0.6) is 0 Å². The maximum Gasteiger partial charge on any atom is 0.272 e. The van der Waals surface area contributed by atoms with E-state index >= 15 is 0 Å². The smallest absolute Gasteiger partial charge is 0.272 e. The maximum atomic E-state index is 12.1. The average Bonchev–Trinajstić information content (AvgIpc) is 3.07. The van der Waals surface area contributed by atoms with Crippen LogP contribution in [0, 0.1) is 5.92 Å². The van der Waals surface area contributed by atoms with Crippen LogP contribution in [-0.4, -0.2) is 21.9 Å². The van der Waals surface area contributed by atoms with E-state index in [0.29, 0.717) is 29.2 Å². The van der Waals surface area contributed by atoms with Gasteiger partial charge in [-0.15, -0.1) is 0 Å². The first-order chi connectivity index (χ1) is 8.52. The number of nitrogens with two attached hydrogens (primary N) is 1. The van der Waals surface area contributed by atoms with Crippen LogP contribution in [0.3, 0.4) is 0 Å². The Kier molecular flexibility index (Phi) is 3.50. The summed E-state index contributed by atoms with van der Waals surface area (Å²) in [4.78, 5) is 20.5. The third-order valence-electron chi connectivity index (χ3n) is 3.33. The Bertz CT molecular complexity index is 458. The molecular weight excluding hydrogens is 228 g/mol. The van der Waals surface area contributed by atoms with Crippen LogP contribution >= 0.6 is 0 Å². The minimum absolute atomic E-state index is 0.182. The predicted octanol–water partition coefficient (Wildman–Crippen LogP) is 1.71. The van der Waals surface area contributed by atoms with E-state index in [1.54, 1.807) is 0 Å². The Hall–Kier alpha value is -1.65. The largest absolute Gasteiger partial charge is 0.396 e. The zero-order chi connectivity index (χ0) is 13.3. The number of hydrogen-bond acceptors (Lipinski definition) is 4. The second-order valence-electron chi connectivity index (χ2n) is 5.17. The molecule has 1 aliphatic rings. The monoisotopic (exact) mass is 248 g/mol. The van der Waals surface area contributed by atoms with Gasteiger partial charge in [-0.1, -0.05) is 27.2 Å². The fourth-order valence-electron chi connectivity index (χ4n) is 1.98. The van der Waals surface area contributed by atoms with Crippen LogP contribution in [0.4, 0.5) is 5.69 Å². The molecule has 1 amide bonds. The van der Waals surface area contributed by atoms with Crippen molar-refractivity contribution in [3.8, 4) is 0 Å². The maximum absolute atomic E-state index is 12.1. The molecule has 5 nitrogen and oxygen atoms in total. The van der Waals surface area contributed by atoms with Crippen molar-refractivity contribution in [1.29, 1.82) is 0 Å². The van der Waals surface area contributed by atoms with Crippen LogP contribution in [-0.2, 0) is 0 Å². The van der Waals surface area contributed by atoms with Crippen molar-refractivity contribution in [2.75, 3.05) is 5.73 Å². The molecule has 0 aliphatic heterocycles. The van der Waals surface area contributed by atoms with Crippen LogP contribution in [0.2, 0.25) is 0 Å². The molecule has 0 saturated heterocycles. The van der Waals surface area contributed by atoms with E-state index < -0.39 is 0 Å². The van der Waals surface area contributed by atoms with E-state index in [4.69, 9.17) is 5.73 Å². The number of rotatable bonds is 4. The van der Waals surface area contributed by atoms with Gasteiger partial charge in [0.15, 0.2) is 5.69 Å². The molecule has 1 aromatic heterocycles. The number of nitrogen functional groups attached to an aromatic ring is 1. The molecule has 2 unspecified atom stereocenters. The van der Waals surface area contributed by atoms with Crippen LogP contribution in [0.25, 0.3) is 0 Å². The summed E-state index contributed by atoms with van der Waals surface area (Å²) >= 11 is 0. The number of carbonyl (C=O) groups is 1. The molecule has 1 heterocycles. The summed E-state index contributed by atoms with van der Waals surface area (Å²) in [6.45, 7) is 6.11. The molecule has 1 aliphatic carbocycles. The van der Waals surface area contributed by atoms with Gasteiger partial charge in [0.05, 0.1) is 11.9 Å². The number of aromatic nitrogens is 2. The average molecular weight is 248 g/mol. The van der Waals surface area contributed by atoms with Gasteiger partial charge in [-0.25, -0.2) is 9.97 Å². The van der Waals surface area contributed by atoms with E-state index in [9.17, 15) is 4.79 Å². The number of anilines is 1. The van der Waals surface area contributed by atoms with Crippen LogP contribution < -0.4 is 11.1 Å². The second-order valence-corrected chi connectivity index (χ2v) is 5.17. The van der Waals surface area contributed by atoms with Crippen molar-refractivity contribution in [3.05, 3.63) is 17.7 Å². The SMILES string of the molecule is CCC1CC1NC(=O)c1nc(C(C)C)ncc1N. The minimum Gasteiger partial charge on any atom is -0.396 e. The molecule has 2 rings (SSSR count). The highest BCUT2D eigenvalue weighted by Crippen LogP contribution is 2.33. The lowest BCUT2D eigenvalue weighted by Gasteiger charge is -2.09. The van der Waals surface area contributed by atoms with Crippen molar-refractivity contribution in [1.82, 2.24) is 15.3 Å². The Morgan fingerprint density at radius 2 is 2.33 bits per heavy atom. The van der Waals surface area contributed by atoms with Crippen molar-refractivity contribution < 1.29 is 4.79 Å². The minimum atomic E-state index is -0.183. The molecule has 0 bridgehead atoms. The van der Waals surface area contributed by atoms with Gasteiger partial charge < -0.3 is 11.1 Å². The standard InChI is InChI=1S/C13H20N4O/c1-4-8-5-10(8)16-13(18)11-9(14)6-15-12(17-11)7(2)3/h6-8,10H,4-5,14H2,1-3H3,(H,16,18). The molecule has 18 heavy (non-hydrogen) atoms. The normalized spacial score (nSPS) is 22.0. The first-order valence-electron chi connectivity index (χ1n) is 6.46. The molecule has 0 spiro atoms. The summed E-state index contributed by atoms with van der Waals surface area (Å²) in [5, 5.41) is 2.97. The van der Waals surface area contributed by atoms with E-state index in [-0.39, 0.29) is 11.8 Å². The number of carbonyl (C=O) groups excluding carboxylic acids is 1. The predicted molar refractivity (Wildman–Crippen MR) is 70.2 cm³/mol. The summed E-state index contributed by atoms with van der Waals surface area (Å²) in [6, 6.07) is 0.291. The molecule has 0 aromatic carbocycles. The zero-order valence-corrected chi connectivity index (χ0v) is 11.1. The number of nitrogens with zero attached hydrogens (tertiary/aromatic N) is 2. The summed E-state index contributed by atoms with van der Waals surface area (Å²) in [5.74, 6) is 1.26. The van der Waals surface area contributed by atoms with Gasteiger partial charge in [-0.05, 0) is 12.3 Å². The molecule has 1 fully saturated rings. The topological polar surface area (TPSA) is 80.9 Å². The number of amides is 1. The Morgan fingerprint density at radius 3 is 2.89 bits per heavy atom. The molecule has 5 heteroatoms. The lowest BCUT2D eigenvalue weighted by molar-refractivity contribution is 0.0944. The number of nitrogens with one attached hydrogen (secondary N) is 1. The van der Waals surface area contributed by atoms with Crippen LogP contribution in [0.1, 0.15) is 55.8 Å². The highest BCUT2D eigenvalue weighted by Gasteiger charge is 2.37. The van der Waals surface area contributed by atoms with E-state index in [1.807, 2.05) is 13.8 Å². The summed E-state index contributed by atoms with van der Waals surface area (Å²) in [6.07, 6.45) is 3.67. The molecule has 1 saturated carbocycles. The fourth-order valence-corrected chi connectivity index (χ4v) is 1.98. The van der Waals surface area contributed by atoms with Gasteiger partial charge in [0.1, 0.15) is 5.82 Å². The number of hydrogen-bond donors (Lipinski definition) is 2. The van der Waals surface area contributed by atoms with E-state index in [1.165, 1.54) is 6.20 Å². The lowest BCUT2D eigenvalue weighted by Crippen LogP contribution is -2.29. The van der Waals surface area contributed by atoms with Gasteiger partial charge >= 0.3 is 0 Å². The van der Waals surface area contributed by atoms with Crippen LogP contribution in [0.15, 0.2) is 6.20 Å². The zero-order valence-electron chi connectivity index (χ0n) is 11.1. The van der Waals surface area contributed by atoms with Crippen molar-refractivity contribution in [2.24, 2.45) is 5.92 Å². The first-order valence-corrected chi connectivity index (χ1v) is 6.46. The Morgan fingerprint density at radius 1 is 1.61 bits per heavy atom. The van der Waals surface area contributed by atoms with Crippen molar-refractivity contribution in [3.63, 3.8) is 0 Å².